The van der Waals surface area contributed by atoms with Crippen LogP contribution < -0.4 is 11.2 Å². The summed E-state index contributed by atoms with van der Waals surface area (Å²) in [5.41, 5.74) is 3.43. The van der Waals surface area contributed by atoms with Gasteiger partial charge in [0.15, 0.2) is 0 Å². The lowest BCUT2D eigenvalue weighted by Crippen LogP contribution is -2.38. The van der Waals surface area contributed by atoms with Crippen LogP contribution in [0.5, 0.6) is 0 Å². The van der Waals surface area contributed by atoms with E-state index < -0.39 is 0 Å². The second-order valence-electron chi connectivity index (χ2n) is 6.39. The number of imidazole rings is 1. The molecule has 0 fully saturated rings. The van der Waals surface area contributed by atoms with Crippen molar-refractivity contribution in [1.29, 1.82) is 0 Å². The van der Waals surface area contributed by atoms with Crippen molar-refractivity contribution in [2.24, 2.45) is 14.1 Å². The zero-order valence-electron chi connectivity index (χ0n) is 14.8. The Morgan fingerprint density at radius 3 is 2.50 bits per heavy atom. The van der Waals surface area contributed by atoms with E-state index in [-0.39, 0.29) is 11.2 Å². The largest absolute Gasteiger partial charge is 0.330 e. The number of hydrogen-bond acceptors (Lipinski definition) is 3. The van der Waals surface area contributed by atoms with Crippen molar-refractivity contribution in [3.05, 3.63) is 81.3 Å². The zero-order valence-corrected chi connectivity index (χ0v) is 14.8. The lowest BCUT2D eigenvalue weighted by molar-refractivity contribution is 0.694. The molecule has 0 atom stereocenters. The molecule has 0 aliphatic carbocycles. The summed E-state index contributed by atoms with van der Waals surface area (Å²) in [6, 6.07) is 13.4. The van der Waals surface area contributed by atoms with Crippen LogP contribution in [-0.4, -0.2) is 18.5 Å². The third kappa shape index (κ3) is 2.38. The van der Waals surface area contributed by atoms with Crippen molar-refractivity contribution in [3.63, 3.8) is 0 Å². The molecule has 4 aromatic rings. The fourth-order valence-electron chi connectivity index (χ4n) is 3.26. The van der Waals surface area contributed by atoms with Crippen molar-refractivity contribution in [1.82, 2.24) is 18.5 Å². The maximum absolute atomic E-state index is 13.0. The first-order valence-electron chi connectivity index (χ1n) is 8.28. The molecular weight excluding hydrogens is 328 g/mol. The van der Waals surface area contributed by atoms with E-state index >= 15 is 0 Å². The van der Waals surface area contributed by atoms with Gasteiger partial charge in [-0.3, -0.25) is 13.9 Å². The highest BCUT2D eigenvalue weighted by Crippen LogP contribution is 2.28. The fraction of sp³-hybridized carbons (Fsp3) is 0.150. The highest BCUT2D eigenvalue weighted by atomic mass is 16.2. The van der Waals surface area contributed by atoms with Gasteiger partial charge in [-0.05, 0) is 30.7 Å². The Morgan fingerprint density at radius 2 is 1.77 bits per heavy atom. The number of aryl methyl sites for hydroxylation is 1. The van der Waals surface area contributed by atoms with Crippen LogP contribution in [-0.2, 0) is 14.1 Å². The first-order valence-corrected chi connectivity index (χ1v) is 8.28. The first kappa shape index (κ1) is 16.1. The van der Waals surface area contributed by atoms with Crippen LogP contribution in [0.2, 0.25) is 0 Å². The third-order valence-electron chi connectivity index (χ3n) is 4.58. The Bertz CT molecular complexity index is 1230. The minimum atomic E-state index is -0.362. The summed E-state index contributed by atoms with van der Waals surface area (Å²) < 4.78 is 4.49. The van der Waals surface area contributed by atoms with E-state index in [1.165, 1.54) is 11.6 Å². The van der Waals surface area contributed by atoms with Crippen molar-refractivity contribution in [2.45, 2.75) is 6.92 Å². The van der Waals surface area contributed by atoms with Crippen LogP contribution in [0.1, 0.15) is 5.56 Å². The summed E-state index contributed by atoms with van der Waals surface area (Å²) in [4.78, 5) is 30.1. The molecule has 3 heterocycles. The molecule has 0 aliphatic rings. The van der Waals surface area contributed by atoms with Crippen LogP contribution in [0.4, 0.5) is 0 Å². The summed E-state index contributed by atoms with van der Waals surface area (Å²) >= 11 is 0. The maximum atomic E-state index is 13.0. The average molecular weight is 346 g/mol. The zero-order chi connectivity index (χ0) is 18.4. The van der Waals surface area contributed by atoms with Gasteiger partial charge in [0.25, 0.3) is 5.56 Å². The van der Waals surface area contributed by atoms with E-state index in [0.29, 0.717) is 17.0 Å². The number of benzene rings is 1. The predicted molar refractivity (Wildman–Crippen MR) is 101 cm³/mol. The van der Waals surface area contributed by atoms with E-state index in [1.54, 1.807) is 7.05 Å². The second kappa shape index (κ2) is 5.84. The molecule has 130 valence electrons. The Morgan fingerprint density at radius 1 is 0.962 bits per heavy atom. The van der Waals surface area contributed by atoms with E-state index in [1.807, 2.05) is 66.2 Å². The Balaban J connectivity index is 2.14. The lowest BCUT2D eigenvalue weighted by atomic mass is 10.0. The quantitative estimate of drug-likeness (QED) is 0.560. The molecule has 0 saturated carbocycles. The summed E-state index contributed by atoms with van der Waals surface area (Å²) in [5, 5.41) is 0. The molecule has 6 nitrogen and oxygen atoms in total. The summed E-state index contributed by atoms with van der Waals surface area (Å²) in [6.07, 6.45) is 3.69. The smallest absolute Gasteiger partial charge is 0.306 e. The van der Waals surface area contributed by atoms with Gasteiger partial charge in [0, 0.05) is 26.5 Å². The average Bonchev–Trinajstić information content (AvgIpc) is 3.06. The highest BCUT2D eigenvalue weighted by Gasteiger charge is 2.21. The van der Waals surface area contributed by atoms with Crippen LogP contribution >= 0.6 is 0 Å². The Labute approximate surface area is 149 Å². The van der Waals surface area contributed by atoms with Gasteiger partial charge in [0.05, 0.1) is 17.0 Å². The van der Waals surface area contributed by atoms with Gasteiger partial charge in [-0.1, -0.05) is 29.8 Å². The van der Waals surface area contributed by atoms with E-state index in [4.69, 9.17) is 0 Å². The molecule has 0 N–H and O–H groups in total. The van der Waals surface area contributed by atoms with Crippen molar-refractivity contribution in [2.75, 3.05) is 0 Å². The van der Waals surface area contributed by atoms with Gasteiger partial charge >= 0.3 is 5.69 Å². The van der Waals surface area contributed by atoms with Crippen molar-refractivity contribution >= 4 is 5.65 Å². The van der Waals surface area contributed by atoms with Gasteiger partial charge in [-0.15, -0.1) is 0 Å². The summed E-state index contributed by atoms with van der Waals surface area (Å²) in [7, 11) is 3.17. The van der Waals surface area contributed by atoms with Crippen LogP contribution in [0.3, 0.4) is 0 Å². The standard InChI is InChI=1S/C20H18N4O2/c1-13-7-6-8-14(11-13)18-17(19(25)23(3)20(26)22(18)2)15-12-24-10-5-4-9-16(24)21-15/h4-12H,1-3H3. The maximum Gasteiger partial charge on any atom is 0.330 e. The molecule has 0 spiro atoms. The molecule has 0 amide bonds. The predicted octanol–water partition coefficient (Wildman–Crippen LogP) is 2.37. The molecule has 26 heavy (non-hydrogen) atoms. The van der Waals surface area contributed by atoms with Crippen LogP contribution in [0.15, 0.2) is 64.4 Å². The van der Waals surface area contributed by atoms with Crippen LogP contribution in [0.25, 0.3) is 28.2 Å². The van der Waals surface area contributed by atoms with Crippen LogP contribution in [0, 0.1) is 6.92 Å². The second-order valence-corrected chi connectivity index (χ2v) is 6.39. The fourth-order valence-corrected chi connectivity index (χ4v) is 3.26. The van der Waals surface area contributed by atoms with Gasteiger partial charge in [-0.2, -0.15) is 0 Å². The molecular formula is C20H18N4O2. The lowest BCUT2D eigenvalue weighted by Gasteiger charge is -2.14. The SMILES string of the molecule is Cc1cccc(-c2c(-c3cn4ccccc4n3)c(=O)n(C)c(=O)n2C)c1. The molecule has 0 radical (unpaired) electrons. The molecule has 6 heteroatoms. The molecule has 0 bridgehead atoms. The van der Waals surface area contributed by atoms with E-state index in [9.17, 15) is 9.59 Å². The number of aromatic nitrogens is 4. The van der Waals surface area contributed by atoms with E-state index in [0.717, 1.165) is 21.3 Å². The van der Waals surface area contributed by atoms with Gasteiger partial charge < -0.3 is 4.40 Å². The molecule has 0 saturated heterocycles. The normalized spacial score (nSPS) is 11.2. The van der Waals surface area contributed by atoms with Gasteiger partial charge in [-0.25, -0.2) is 9.78 Å². The number of rotatable bonds is 2. The minimum absolute atomic E-state index is 0.354. The topological polar surface area (TPSA) is 61.3 Å². The Hall–Kier alpha value is -3.41. The Kier molecular flexibility index (Phi) is 3.61. The number of hydrogen-bond donors (Lipinski definition) is 0. The van der Waals surface area contributed by atoms with E-state index in [2.05, 4.69) is 4.98 Å². The van der Waals surface area contributed by atoms with Gasteiger partial charge in [0.1, 0.15) is 5.65 Å². The van der Waals surface area contributed by atoms with Crippen molar-refractivity contribution < 1.29 is 0 Å². The monoisotopic (exact) mass is 346 g/mol. The number of fused-ring (bicyclic) bond motifs is 1. The summed E-state index contributed by atoms with van der Waals surface area (Å²) in [6.45, 7) is 1.98. The molecule has 3 aromatic heterocycles. The third-order valence-corrected chi connectivity index (χ3v) is 4.58. The van der Waals surface area contributed by atoms with Crippen molar-refractivity contribution in [3.8, 4) is 22.5 Å². The summed E-state index contributed by atoms with van der Waals surface area (Å²) in [5.74, 6) is 0. The highest BCUT2D eigenvalue weighted by molar-refractivity contribution is 5.79. The molecule has 0 aliphatic heterocycles. The first-order chi connectivity index (χ1) is 12.5. The molecule has 4 rings (SSSR count). The molecule has 1 aromatic carbocycles. The number of nitrogens with zero attached hydrogens (tertiary/aromatic N) is 4. The number of pyridine rings is 1. The minimum Gasteiger partial charge on any atom is -0.306 e. The molecule has 0 unspecified atom stereocenters. The van der Waals surface area contributed by atoms with Gasteiger partial charge in [0.2, 0.25) is 0 Å².